The van der Waals surface area contributed by atoms with Gasteiger partial charge in [-0.1, -0.05) is 6.92 Å². The van der Waals surface area contributed by atoms with Gasteiger partial charge in [0, 0.05) is 37.4 Å². The summed E-state index contributed by atoms with van der Waals surface area (Å²) in [4.78, 5) is 14.2. The molecule has 0 bridgehead atoms. The molecule has 1 aromatic heterocycles. The number of aryl methyl sites for hydroxylation is 2. The molecule has 7 nitrogen and oxygen atoms in total. The van der Waals surface area contributed by atoms with E-state index in [1.165, 1.54) is 12.1 Å². The van der Waals surface area contributed by atoms with Gasteiger partial charge >= 0.3 is 0 Å². The largest absolute Gasteiger partial charge is 0.339 e. The van der Waals surface area contributed by atoms with Crippen molar-refractivity contribution in [2.45, 2.75) is 46.1 Å². The van der Waals surface area contributed by atoms with Crippen LogP contribution in [0.4, 0.5) is 0 Å². The quantitative estimate of drug-likeness (QED) is 0.694. The summed E-state index contributed by atoms with van der Waals surface area (Å²) in [6, 6.07) is 8.08. The number of hydrogen-bond acceptors (Lipinski definition) is 4. The first kappa shape index (κ1) is 22.1. The highest BCUT2D eigenvalue weighted by Gasteiger charge is 2.18. The molecule has 1 amide bonds. The van der Waals surface area contributed by atoms with Crippen LogP contribution in [-0.2, 0) is 16.6 Å². The summed E-state index contributed by atoms with van der Waals surface area (Å²) >= 11 is 0. The summed E-state index contributed by atoms with van der Waals surface area (Å²) in [6.45, 7) is 11.9. The van der Waals surface area contributed by atoms with Crippen molar-refractivity contribution in [1.29, 1.82) is 0 Å². The van der Waals surface area contributed by atoms with Gasteiger partial charge in [0.25, 0.3) is 5.91 Å². The molecule has 0 saturated carbocycles. The number of sulfonamides is 1. The minimum absolute atomic E-state index is 0.0799. The second-order valence-corrected chi connectivity index (χ2v) is 8.84. The molecule has 0 fully saturated rings. The molecular formula is C20H30N4O3S. The molecule has 1 N–H and O–H groups in total. The van der Waals surface area contributed by atoms with Crippen molar-refractivity contribution in [2.75, 3.05) is 19.6 Å². The Kier molecular flexibility index (Phi) is 7.37. The topological polar surface area (TPSA) is 84.3 Å². The molecule has 0 saturated heterocycles. The van der Waals surface area contributed by atoms with E-state index in [0.717, 1.165) is 11.4 Å². The van der Waals surface area contributed by atoms with E-state index < -0.39 is 10.0 Å². The Hall–Kier alpha value is -2.19. The summed E-state index contributed by atoms with van der Waals surface area (Å²) in [6.07, 6.45) is 0. The van der Waals surface area contributed by atoms with Crippen LogP contribution in [0.1, 0.15) is 42.5 Å². The molecule has 0 aliphatic heterocycles. The third kappa shape index (κ3) is 5.42. The number of amides is 1. The van der Waals surface area contributed by atoms with E-state index in [0.29, 0.717) is 31.7 Å². The maximum atomic E-state index is 12.6. The fourth-order valence-corrected chi connectivity index (χ4v) is 4.19. The number of carbonyl (C=O) groups is 1. The summed E-state index contributed by atoms with van der Waals surface area (Å²) in [5.41, 5.74) is 2.49. The Balaban J connectivity index is 2.00. The van der Waals surface area contributed by atoms with Crippen LogP contribution in [0.5, 0.6) is 0 Å². The Labute approximate surface area is 167 Å². The van der Waals surface area contributed by atoms with Crippen molar-refractivity contribution >= 4 is 15.9 Å². The van der Waals surface area contributed by atoms with Gasteiger partial charge in [-0.2, -0.15) is 5.10 Å². The number of aromatic nitrogens is 2. The fraction of sp³-hybridized carbons (Fsp3) is 0.500. The molecule has 1 atom stereocenters. The lowest BCUT2D eigenvalue weighted by Crippen LogP contribution is -2.31. The Bertz CT molecular complexity index is 900. The average Bonchev–Trinajstić information content (AvgIpc) is 2.98. The monoisotopic (exact) mass is 406 g/mol. The van der Waals surface area contributed by atoms with Crippen LogP contribution in [0, 0.1) is 19.8 Å². The first-order chi connectivity index (χ1) is 13.2. The highest BCUT2D eigenvalue weighted by atomic mass is 32.2. The number of rotatable bonds is 9. The highest BCUT2D eigenvalue weighted by molar-refractivity contribution is 7.89. The van der Waals surface area contributed by atoms with E-state index >= 15 is 0 Å². The fourth-order valence-electron chi connectivity index (χ4n) is 3.02. The molecule has 0 aliphatic rings. The third-order valence-electron chi connectivity index (χ3n) is 4.67. The lowest BCUT2D eigenvalue weighted by molar-refractivity contribution is 0.0773. The maximum Gasteiger partial charge on any atom is 0.253 e. The van der Waals surface area contributed by atoms with Gasteiger partial charge < -0.3 is 4.90 Å². The van der Waals surface area contributed by atoms with Crippen molar-refractivity contribution in [3.05, 3.63) is 47.3 Å². The van der Waals surface area contributed by atoms with Crippen molar-refractivity contribution in [3.8, 4) is 0 Å². The van der Waals surface area contributed by atoms with E-state index in [-0.39, 0.29) is 16.7 Å². The molecule has 1 aromatic carbocycles. The number of benzene rings is 1. The Morgan fingerprint density at radius 3 is 2.29 bits per heavy atom. The van der Waals surface area contributed by atoms with Gasteiger partial charge in [-0.3, -0.25) is 9.48 Å². The van der Waals surface area contributed by atoms with Crippen molar-refractivity contribution < 1.29 is 13.2 Å². The predicted octanol–water partition coefficient (Wildman–Crippen LogP) is 2.60. The van der Waals surface area contributed by atoms with Gasteiger partial charge in [0.1, 0.15) is 0 Å². The first-order valence-corrected chi connectivity index (χ1v) is 11.1. The number of hydrogen-bond donors (Lipinski definition) is 1. The van der Waals surface area contributed by atoms with E-state index in [1.807, 2.05) is 45.4 Å². The van der Waals surface area contributed by atoms with Crippen molar-refractivity contribution in [3.63, 3.8) is 0 Å². The number of nitrogens with one attached hydrogen (secondary N) is 1. The van der Waals surface area contributed by atoms with Gasteiger partial charge in [-0.25, -0.2) is 13.1 Å². The summed E-state index contributed by atoms with van der Waals surface area (Å²) < 4.78 is 29.7. The van der Waals surface area contributed by atoms with Crippen molar-refractivity contribution in [1.82, 2.24) is 19.4 Å². The van der Waals surface area contributed by atoms with E-state index in [2.05, 4.69) is 9.82 Å². The molecule has 154 valence electrons. The first-order valence-electron chi connectivity index (χ1n) is 9.58. The lowest BCUT2D eigenvalue weighted by atomic mass is 10.2. The molecule has 2 rings (SSSR count). The van der Waals surface area contributed by atoms with Crippen LogP contribution in [0.15, 0.2) is 35.2 Å². The predicted molar refractivity (Wildman–Crippen MR) is 110 cm³/mol. The summed E-state index contributed by atoms with van der Waals surface area (Å²) in [5.74, 6) is -0.0169. The van der Waals surface area contributed by atoms with Crippen LogP contribution in [0.3, 0.4) is 0 Å². The minimum atomic E-state index is -3.63. The van der Waals surface area contributed by atoms with E-state index in [1.54, 1.807) is 17.0 Å². The van der Waals surface area contributed by atoms with E-state index in [4.69, 9.17) is 0 Å². The zero-order valence-electron chi connectivity index (χ0n) is 17.3. The average molecular weight is 407 g/mol. The molecule has 2 aromatic rings. The van der Waals surface area contributed by atoms with Gasteiger partial charge in [0.2, 0.25) is 10.0 Å². The van der Waals surface area contributed by atoms with Crippen LogP contribution < -0.4 is 4.72 Å². The molecule has 0 radical (unpaired) electrons. The standard InChI is InChI=1S/C20H30N4O3S/c1-6-23(7-2)20(25)18-8-10-19(11-9-18)28(26,27)21-13-15(3)14-24-17(5)12-16(4)22-24/h8-12,15,21H,6-7,13-14H2,1-5H3. The summed E-state index contributed by atoms with van der Waals surface area (Å²) in [7, 11) is -3.63. The molecular weight excluding hydrogens is 376 g/mol. The second kappa shape index (κ2) is 9.34. The molecule has 0 aliphatic carbocycles. The molecule has 1 unspecified atom stereocenters. The van der Waals surface area contributed by atoms with Crippen LogP contribution >= 0.6 is 0 Å². The zero-order valence-corrected chi connectivity index (χ0v) is 18.1. The zero-order chi connectivity index (χ0) is 20.9. The van der Waals surface area contributed by atoms with E-state index in [9.17, 15) is 13.2 Å². The molecule has 0 spiro atoms. The lowest BCUT2D eigenvalue weighted by Gasteiger charge is -2.18. The Morgan fingerprint density at radius 2 is 1.79 bits per heavy atom. The maximum absolute atomic E-state index is 12.6. The smallest absolute Gasteiger partial charge is 0.253 e. The van der Waals surface area contributed by atoms with Gasteiger partial charge in [-0.05, 0) is 63.9 Å². The van der Waals surface area contributed by atoms with Crippen LogP contribution in [0.2, 0.25) is 0 Å². The van der Waals surface area contributed by atoms with Crippen LogP contribution in [0.25, 0.3) is 0 Å². The molecule has 28 heavy (non-hydrogen) atoms. The second-order valence-electron chi connectivity index (χ2n) is 7.07. The number of nitrogens with zero attached hydrogens (tertiary/aromatic N) is 3. The molecule has 1 heterocycles. The molecule has 8 heteroatoms. The minimum Gasteiger partial charge on any atom is -0.339 e. The Morgan fingerprint density at radius 1 is 1.18 bits per heavy atom. The van der Waals surface area contributed by atoms with Gasteiger partial charge in [-0.15, -0.1) is 0 Å². The van der Waals surface area contributed by atoms with Gasteiger partial charge in [0.15, 0.2) is 0 Å². The van der Waals surface area contributed by atoms with Gasteiger partial charge in [0.05, 0.1) is 10.6 Å². The van der Waals surface area contributed by atoms with Crippen molar-refractivity contribution in [2.24, 2.45) is 5.92 Å². The third-order valence-corrected chi connectivity index (χ3v) is 6.11. The number of carbonyl (C=O) groups excluding carboxylic acids is 1. The van der Waals surface area contributed by atoms with Crippen LogP contribution in [-0.4, -0.2) is 48.6 Å². The SMILES string of the molecule is CCN(CC)C(=O)c1ccc(S(=O)(=O)NCC(C)Cn2nc(C)cc2C)cc1. The summed E-state index contributed by atoms with van der Waals surface area (Å²) in [5, 5.41) is 4.41. The normalized spacial score (nSPS) is 12.8. The highest BCUT2D eigenvalue weighted by Crippen LogP contribution is 2.13.